The van der Waals surface area contributed by atoms with E-state index in [1.165, 1.54) is 6.20 Å². The third-order valence-corrected chi connectivity index (χ3v) is 4.06. The van der Waals surface area contributed by atoms with Crippen LogP contribution in [-0.2, 0) is 16.6 Å². The first kappa shape index (κ1) is 12.8. The van der Waals surface area contributed by atoms with E-state index in [0.717, 1.165) is 0 Å². The number of H-pyrrole nitrogens is 1. The van der Waals surface area contributed by atoms with Crippen molar-refractivity contribution in [3.8, 4) is 0 Å². The highest BCUT2D eigenvalue weighted by molar-refractivity contribution is 7.89. The van der Waals surface area contributed by atoms with Crippen LogP contribution in [0.4, 0.5) is 0 Å². The third kappa shape index (κ3) is 2.96. The normalized spacial score (nSPS) is 11.8. The number of sulfonamides is 1. The summed E-state index contributed by atoms with van der Waals surface area (Å²) in [6.45, 7) is 2.72. The van der Waals surface area contributed by atoms with Crippen molar-refractivity contribution in [2.75, 3.05) is 6.54 Å². The van der Waals surface area contributed by atoms with Crippen molar-refractivity contribution < 1.29 is 8.42 Å². The number of nitrogens with one attached hydrogen (secondary N) is 2. The molecule has 8 heteroatoms. The molecule has 98 valence electrons. The van der Waals surface area contributed by atoms with E-state index < -0.39 is 10.0 Å². The Morgan fingerprint density at radius 1 is 1.50 bits per heavy atom. The Kier molecular flexibility index (Phi) is 3.78. The van der Waals surface area contributed by atoms with Crippen molar-refractivity contribution in [2.24, 2.45) is 0 Å². The van der Waals surface area contributed by atoms with E-state index in [1.54, 1.807) is 17.8 Å². The topological polar surface area (TPSA) is 92.7 Å². The van der Waals surface area contributed by atoms with E-state index in [2.05, 4.69) is 20.0 Å². The average molecular weight is 269 g/mol. The van der Waals surface area contributed by atoms with Gasteiger partial charge in [0, 0.05) is 25.5 Å². The van der Waals surface area contributed by atoms with Crippen LogP contribution < -0.4 is 4.72 Å². The van der Waals surface area contributed by atoms with Crippen LogP contribution in [-0.4, -0.2) is 34.9 Å². The standard InChI is InChI=1S/C10H15N5O2S/c1-9-10(8-11-14-9)18(16,17)13-5-3-7-15-6-2-4-12-15/h2,4,6,8,13H,3,5,7H2,1H3,(H,11,14). The molecule has 18 heavy (non-hydrogen) atoms. The van der Waals surface area contributed by atoms with Gasteiger partial charge in [-0.2, -0.15) is 10.2 Å². The van der Waals surface area contributed by atoms with Crippen molar-refractivity contribution in [1.82, 2.24) is 24.7 Å². The molecule has 0 aromatic carbocycles. The van der Waals surface area contributed by atoms with Crippen molar-refractivity contribution in [2.45, 2.75) is 24.8 Å². The molecular formula is C10H15N5O2S. The summed E-state index contributed by atoms with van der Waals surface area (Å²) in [6.07, 6.45) is 5.52. The zero-order valence-corrected chi connectivity index (χ0v) is 10.8. The minimum Gasteiger partial charge on any atom is -0.281 e. The van der Waals surface area contributed by atoms with Crippen LogP contribution >= 0.6 is 0 Å². The molecule has 0 radical (unpaired) electrons. The molecule has 0 aliphatic rings. The Bertz CT molecular complexity index is 588. The fourth-order valence-corrected chi connectivity index (χ4v) is 2.78. The molecule has 2 N–H and O–H groups in total. The van der Waals surface area contributed by atoms with Crippen LogP contribution in [0.3, 0.4) is 0 Å². The number of rotatable bonds is 6. The number of aromatic nitrogens is 4. The molecule has 0 unspecified atom stereocenters. The predicted molar refractivity (Wildman–Crippen MR) is 65.4 cm³/mol. The first-order valence-corrected chi connectivity index (χ1v) is 7.05. The van der Waals surface area contributed by atoms with Gasteiger partial charge in [0.15, 0.2) is 0 Å². The maximum atomic E-state index is 11.9. The molecule has 0 fully saturated rings. The van der Waals surface area contributed by atoms with Gasteiger partial charge in [0.1, 0.15) is 4.90 Å². The second-order valence-corrected chi connectivity index (χ2v) is 5.62. The Morgan fingerprint density at radius 2 is 2.33 bits per heavy atom. The van der Waals surface area contributed by atoms with E-state index in [-0.39, 0.29) is 4.90 Å². The quantitative estimate of drug-likeness (QED) is 0.737. The largest absolute Gasteiger partial charge is 0.281 e. The summed E-state index contributed by atoms with van der Waals surface area (Å²) in [7, 11) is -3.46. The SMILES string of the molecule is Cc1[nH]ncc1S(=O)(=O)NCCCn1cccn1. The summed E-state index contributed by atoms with van der Waals surface area (Å²) < 4.78 is 28.1. The second kappa shape index (κ2) is 5.32. The molecule has 2 heterocycles. The summed E-state index contributed by atoms with van der Waals surface area (Å²) in [6, 6.07) is 1.83. The van der Waals surface area contributed by atoms with E-state index in [4.69, 9.17) is 0 Å². The Hall–Kier alpha value is -1.67. The second-order valence-electron chi connectivity index (χ2n) is 3.88. The summed E-state index contributed by atoms with van der Waals surface area (Å²) in [5, 5.41) is 10.3. The lowest BCUT2D eigenvalue weighted by Crippen LogP contribution is -2.25. The van der Waals surface area contributed by atoms with Gasteiger partial charge >= 0.3 is 0 Å². The first-order chi connectivity index (χ1) is 8.59. The highest BCUT2D eigenvalue weighted by atomic mass is 32.2. The zero-order valence-electron chi connectivity index (χ0n) is 10.00. The number of hydrogen-bond acceptors (Lipinski definition) is 4. The van der Waals surface area contributed by atoms with E-state index >= 15 is 0 Å². The predicted octanol–water partition coefficient (Wildman–Crippen LogP) is 0.283. The molecule has 0 atom stereocenters. The van der Waals surface area contributed by atoms with Gasteiger partial charge in [0.25, 0.3) is 0 Å². The molecule has 2 aromatic rings. The van der Waals surface area contributed by atoms with Crippen LogP contribution in [0, 0.1) is 6.92 Å². The lowest BCUT2D eigenvalue weighted by Gasteiger charge is -2.05. The molecule has 2 rings (SSSR count). The minimum absolute atomic E-state index is 0.196. The third-order valence-electron chi connectivity index (χ3n) is 2.49. The van der Waals surface area contributed by atoms with Crippen molar-refractivity contribution in [1.29, 1.82) is 0 Å². The summed E-state index contributed by atoms with van der Waals surface area (Å²) >= 11 is 0. The van der Waals surface area contributed by atoms with E-state index in [9.17, 15) is 8.42 Å². The van der Waals surface area contributed by atoms with Crippen LogP contribution in [0.15, 0.2) is 29.6 Å². The van der Waals surface area contributed by atoms with Gasteiger partial charge in [-0.25, -0.2) is 13.1 Å². The Balaban J connectivity index is 1.85. The fraction of sp³-hybridized carbons (Fsp3) is 0.400. The number of hydrogen-bond donors (Lipinski definition) is 2. The van der Waals surface area contributed by atoms with Crippen LogP contribution in [0.2, 0.25) is 0 Å². The Labute approximate surface area is 105 Å². The fourth-order valence-electron chi connectivity index (χ4n) is 1.57. The smallest absolute Gasteiger partial charge is 0.243 e. The molecule has 0 amide bonds. The van der Waals surface area contributed by atoms with Crippen LogP contribution in [0.5, 0.6) is 0 Å². The van der Waals surface area contributed by atoms with E-state index in [0.29, 0.717) is 25.2 Å². The van der Waals surface area contributed by atoms with Crippen molar-refractivity contribution in [3.05, 3.63) is 30.4 Å². The number of aryl methyl sites for hydroxylation is 2. The molecule has 2 aromatic heterocycles. The molecule has 0 aliphatic heterocycles. The maximum absolute atomic E-state index is 11.9. The summed E-state index contributed by atoms with van der Waals surface area (Å²) in [5.41, 5.74) is 0.537. The van der Waals surface area contributed by atoms with Gasteiger partial charge < -0.3 is 0 Å². The minimum atomic E-state index is -3.46. The Morgan fingerprint density at radius 3 is 2.94 bits per heavy atom. The molecule has 0 bridgehead atoms. The van der Waals surface area contributed by atoms with Gasteiger partial charge in [-0.15, -0.1) is 0 Å². The van der Waals surface area contributed by atoms with Gasteiger partial charge in [0.05, 0.1) is 11.9 Å². The van der Waals surface area contributed by atoms with Crippen molar-refractivity contribution in [3.63, 3.8) is 0 Å². The average Bonchev–Trinajstić information content (AvgIpc) is 2.95. The maximum Gasteiger partial charge on any atom is 0.243 e. The molecular weight excluding hydrogens is 254 g/mol. The lowest BCUT2D eigenvalue weighted by molar-refractivity contribution is 0.552. The van der Waals surface area contributed by atoms with Gasteiger partial charge in [-0.3, -0.25) is 9.78 Å². The molecule has 7 nitrogen and oxygen atoms in total. The highest BCUT2D eigenvalue weighted by Crippen LogP contribution is 2.10. The number of nitrogens with zero attached hydrogens (tertiary/aromatic N) is 3. The zero-order chi connectivity index (χ0) is 13.0. The molecule has 0 saturated heterocycles. The van der Waals surface area contributed by atoms with E-state index in [1.807, 2.05) is 12.3 Å². The first-order valence-electron chi connectivity index (χ1n) is 5.56. The molecule has 0 aliphatic carbocycles. The molecule has 0 saturated carbocycles. The highest BCUT2D eigenvalue weighted by Gasteiger charge is 2.17. The van der Waals surface area contributed by atoms with Crippen molar-refractivity contribution >= 4 is 10.0 Å². The lowest BCUT2D eigenvalue weighted by atomic mass is 10.4. The summed E-state index contributed by atoms with van der Waals surface area (Å²) in [4.78, 5) is 0.196. The molecule has 0 spiro atoms. The van der Waals surface area contributed by atoms with Gasteiger partial charge in [-0.05, 0) is 19.4 Å². The number of aromatic amines is 1. The van der Waals surface area contributed by atoms with Crippen LogP contribution in [0.25, 0.3) is 0 Å². The van der Waals surface area contributed by atoms with Crippen LogP contribution in [0.1, 0.15) is 12.1 Å². The van der Waals surface area contributed by atoms with Gasteiger partial charge in [-0.1, -0.05) is 0 Å². The monoisotopic (exact) mass is 269 g/mol. The van der Waals surface area contributed by atoms with Gasteiger partial charge in [0.2, 0.25) is 10.0 Å². The summed E-state index contributed by atoms with van der Waals surface area (Å²) in [5.74, 6) is 0.